The van der Waals surface area contributed by atoms with E-state index in [0.29, 0.717) is 4.43 Å². The third-order valence-corrected chi connectivity index (χ3v) is 2.56. The van der Waals surface area contributed by atoms with Crippen molar-refractivity contribution in [3.63, 3.8) is 0 Å². The highest BCUT2D eigenvalue weighted by atomic mass is 127. The monoisotopic (exact) mass is 310 g/mol. The molecule has 0 heterocycles. The first kappa shape index (κ1) is 12.6. The third kappa shape index (κ3) is 5.25. The molecule has 0 aliphatic heterocycles. The molecule has 0 unspecified atom stereocenters. The zero-order valence-electron chi connectivity index (χ0n) is 6.47. The van der Waals surface area contributed by atoms with Crippen molar-refractivity contribution in [2.45, 2.75) is 12.2 Å². The van der Waals surface area contributed by atoms with Gasteiger partial charge in [-0.3, -0.25) is 4.18 Å². The Morgan fingerprint density at radius 1 is 1.58 bits per heavy atom. The van der Waals surface area contributed by atoms with E-state index in [-0.39, 0.29) is 0 Å². The molecule has 0 saturated heterocycles. The molecule has 5 nitrogen and oxygen atoms in total. The topological polar surface area (TPSA) is 83.8 Å². The molecule has 0 aromatic rings. The van der Waals surface area contributed by atoms with Gasteiger partial charge in [-0.25, -0.2) is 0 Å². The Hall–Kier alpha value is 0.560. The van der Waals surface area contributed by atoms with Gasteiger partial charge in [0.2, 0.25) is 0 Å². The summed E-state index contributed by atoms with van der Waals surface area (Å²) < 4.78 is 25.9. The smallest absolute Gasteiger partial charge is 0.264 e. The van der Waals surface area contributed by atoms with E-state index in [9.17, 15) is 8.42 Å². The number of rotatable bonds is 5. The van der Waals surface area contributed by atoms with Gasteiger partial charge in [0.05, 0.1) is 19.0 Å². The molecular weight excluding hydrogens is 299 g/mol. The van der Waals surface area contributed by atoms with Crippen LogP contribution in [-0.2, 0) is 14.3 Å². The number of aliphatic hydroxyl groups is 2. The van der Waals surface area contributed by atoms with Crippen molar-refractivity contribution >= 4 is 32.7 Å². The normalized spacial score (nSPS) is 17.3. The molecule has 0 amide bonds. The summed E-state index contributed by atoms with van der Waals surface area (Å²) in [7, 11) is -3.61. The largest absolute Gasteiger partial charge is 0.394 e. The molecule has 0 aliphatic rings. The van der Waals surface area contributed by atoms with Crippen molar-refractivity contribution in [3.8, 4) is 0 Å². The van der Waals surface area contributed by atoms with Gasteiger partial charge >= 0.3 is 0 Å². The Morgan fingerprint density at radius 3 is 2.33 bits per heavy atom. The second-order valence-corrected chi connectivity index (χ2v) is 4.72. The summed E-state index contributed by atoms with van der Waals surface area (Å²) in [5, 5.41) is 17.8. The van der Waals surface area contributed by atoms with Crippen molar-refractivity contribution in [2.24, 2.45) is 0 Å². The predicted octanol–water partition coefficient (Wildman–Crippen LogP) is -0.881. The lowest BCUT2D eigenvalue weighted by Gasteiger charge is -2.17. The number of halogens is 1. The van der Waals surface area contributed by atoms with E-state index in [0.717, 1.165) is 6.26 Å². The van der Waals surface area contributed by atoms with Crippen LogP contribution in [0.4, 0.5) is 0 Å². The fraction of sp³-hybridized carbons (Fsp3) is 1.00. The number of alkyl halides is 1. The fourth-order valence-corrected chi connectivity index (χ4v) is 1.75. The minimum atomic E-state index is -3.61. The van der Waals surface area contributed by atoms with E-state index < -0.39 is 28.9 Å². The molecule has 0 spiro atoms. The molecular formula is C5H11IO5S. The van der Waals surface area contributed by atoms with Crippen molar-refractivity contribution in [2.75, 3.05) is 17.3 Å². The Labute approximate surface area is 85.0 Å². The molecule has 74 valence electrons. The number of aliphatic hydroxyl groups excluding tert-OH is 2. The molecule has 12 heavy (non-hydrogen) atoms. The van der Waals surface area contributed by atoms with Crippen LogP contribution in [0, 0.1) is 0 Å². The Balaban J connectivity index is 4.18. The lowest BCUT2D eigenvalue weighted by molar-refractivity contribution is 0.0202. The van der Waals surface area contributed by atoms with Gasteiger partial charge in [-0.2, -0.15) is 8.42 Å². The standard InChI is InChI=1S/C5H11IO5S/c1-12(9,10)11-5(3-7)4(8)2-6/h4-5,7-8H,2-3H2,1H3/t4-,5+/m0/s1. The highest BCUT2D eigenvalue weighted by Gasteiger charge is 2.22. The fourth-order valence-electron chi connectivity index (χ4n) is 0.540. The van der Waals surface area contributed by atoms with Crippen LogP contribution in [0.15, 0.2) is 0 Å². The number of hydrogen-bond acceptors (Lipinski definition) is 5. The summed E-state index contributed by atoms with van der Waals surface area (Å²) in [6.45, 7) is -0.517. The van der Waals surface area contributed by atoms with Gasteiger partial charge in [0.1, 0.15) is 6.10 Å². The molecule has 0 aromatic heterocycles. The first-order chi connectivity index (χ1) is 5.40. The molecule has 0 saturated carbocycles. The lowest BCUT2D eigenvalue weighted by atomic mass is 10.2. The van der Waals surface area contributed by atoms with Gasteiger partial charge < -0.3 is 10.2 Å². The minimum Gasteiger partial charge on any atom is -0.394 e. The van der Waals surface area contributed by atoms with Crippen molar-refractivity contribution in [1.29, 1.82) is 0 Å². The van der Waals surface area contributed by atoms with Gasteiger partial charge in [-0.1, -0.05) is 22.6 Å². The average Bonchev–Trinajstić information content (AvgIpc) is 1.97. The van der Waals surface area contributed by atoms with Crippen LogP contribution in [-0.4, -0.2) is 48.1 Å². The van der Waals surface area contributed by atoms with Crippen LogP contribution in [0.2, 0.25) is 0 Å². The van der Waals surface area contributed by atoms with E-state index in [1.165, 1.54) is 0 Å². The SMILES string of the molecule is CS(=O)(=O)O[C@H](CO)[C@@H](O)CI. The summed E-state index contributed by atoms with van der Waals surface area (Å²) >= 11 is 1.87. The zero-order chi connectivity index (χ0) is 9.78. The molecule has 0 aliphatic carbocycles. The van der Waals surface area contributed by atoms with Crippen molar-refractivity contribution in [3.05, 3.63) is 0 Å². The third-order valence-electron chi connectivity index (χ3n) is 1.07. The molecule has 0 rings (SSSR count). The van der Waals surface area contributed by atoms with Gasteiger partial charge in [0, 0.05) is 4.43 Å². The molecule has 2 atom stereocenters. The molecule has 7 heteroatoms. The van der Waals surface area contributed by atoms with Crippen LogP contribution < -0.4 is 0 Å². The highest BCUT2D eigenvalue weighted by molar-refractivity contribution is 14.1. The lowest BCUT2D eigenvalue weighted by Crippen LogP contribution is -2.35. The zero-order valence-corrected chi connectivity index (χ0v) is 9.45. The van der Waals surface area contributed by atoms with Crippen molar-refractivity contribution < 1.29 is 22.8 Å². The molecule has 0 aromatic carbocycles. The Morgan fingerprint density at radius 2 is 2.08 bits per heavy atom. The summed E-state index contributed by atoms with van der Waals surface area (Å²) in [6, 6.07) is 0. The summed E-state index contributed by atoms with van der Waals surface area (Å²) in [4.78, 5) is 0. The van der Waals surface area contributed by atoms with Gasteiger partial charge in [-0.15, -0.1) is 0 Å². The van der Waals surface area contributed by atoms with Crippen LogP contribution in [0.5, 0.6) is 0 Å². The molecule has 0 radical (unpaired) electrons. The Bertz CT molecular complexity index is 214. The maximum atomic E-state index is 10.6. The van der Waals surface area contributed by atoms with E-state index in [2.05, 4.69) is 4.18 Å². The van der Waals surface area contributed by atoms with Crippen molar-refractivity contribution in [1.82, 2.24) is 0 Å². The summed E-state index contributed by atoms with van der Waals surface area (Å²) in [6.07, 6.45) is -1.16. The second-order valence-electron chi connectivity index (χ2n) is 2.24. The molecule has 2 N–H and O–H groups in total. The van der Waals surface area contributed by atoms with E-state index in [4.69, 9.17) is 10.2 Å². The predicted molar refractivity (Wildman–Crippen MR) is 51.7 cm³/mol. The van der Waals surface area contributed by atoms with Crippen LogP contribution in [0.3, 0.4) is 0 Å². The first-order valence-electron chi connectivity index (χ1n) is 3.14. The second kappa shape index (κ2) is 5.32. The van der Waals surface area contributed by atoms with Crippen LogP contribution in [0.25, 0.3) is 0 Å². The van der Waals surface area contributed by atoms with Crippen LogP contribution >= 0.6 is 22.6 Å². The van der Waals surface area contributed by atoms with Gasteiger partial charge in [0.15, 0.2) is 0 Å². The minimum absolute atomic E-state index is 0.304. The molecule has 0 bridgehead atoms. The summed E-state index contributed by atoms with van der Waals surface area (Å²) in [5.41, 5.74) is 0. The van der Waals surface area contributed by atoms with E-state index in [1.54, 1.807) is 0 Å². The van der Waals surface area contributed by atoms with Gasteiger partial charge in [0.25, 0.3) is 10.1 Å². The Kier molecular flexibility index (Phi) is 5.57. The van der Waals surface area contributed by atoms with E-state index in [1.807, 2.05) is 22.6 Å². The quantitative estimate of drug-likeness (QED) is 0.391. The maximum absolute atomic E-state index is 10.6. The van der Waals surface area contributed by atoms with E-state index >= 15 is 0 Å². The van der Waals surface area contributed by atoms with Crippen LogP contribution in [0.1, 0.15) is 0 Å². The maximum Gasteiger partial charge on any atom is 0.264 e. The average molecular weight is 310 g/mol. The first-order valence-corrected chi connectivity index (χ1v) is 6.48. The van der Waals surface area contributed by atoms with Gasteiger partial charge in [-0.05, 0) is 0 Å². The molecule has 0 fully saturated rings. The highest BCUT2D eigenvalue weighted by Crippen LogP contribution is 2.05. The summed E-state index contributed by atoms with van der Waals surface area (Å²) in [5.74, 6) is 0. The number of hydrogen-bond donors (Lipinski definition) is 2.